The summed E-state index contributed by atoms with van der Waals surface area (Å²) in [6.45, 7) is 4.93. The van der Waals surface area contributed by atoms with Crippen LogP contribution in [-0.4, -0.2) is 12.7 Å². The topological polar surface area (TPSA) is 33.0 Å². The van der Waals surface area contributed by atoms with Gasteiger partial charge in [0.15, 0.2) is 0 Å². The van der Waals surface area contributed by atoms with Gasteiger partial charge in [0.05, 0.1) is 6.07 Å². The predicted molar refractivity (Wildman–Crippen MR) is 54.4 cm³/mol. The SMILES string of the molecule is CCCCCCCOC(C#N)CC. The van der Waals surface area contributed by atoms with Crippen LogP contribution < -0.4 is 0 Å². The molecule has 0 aliphatic carbocycles. The van der Waals surface area contributed by atoms with Crippen molar-refractivity contribution in [3.63, 3.8) is 0 Å². The molecule has 76 valence electrons. The molecule has 0 amide bonds. The van der Waals surface area contributed by atoms with E-state index >= 15 is 0 Å². The summed E-state index contributed by atoms with van der Waals surface area (Å²) in [5.74, 6) is 0. The van der Waals surface area contributed by atoms with Gasteiger partial charge < -0.3 is 4.74 Å². The van der Waals surface area contributed by atoms with Crippen LogP contribution in [0, 0.1) is 11.3 Å². The minimum absolute atomic E-state index is 0.189. The van der Waals surface area contributed by atoms with E-state index in [9.17, 15) is 0 Å². The maximum absolute atomic E-state index is 8.59. The van der Waals surface area contributed by atoms with E-state index in [-0.39, 0.29) is 6.10 Å². The molecule has 0 bridgehead atoms. The van der Waals surface area contributed by atoms with Crippen LogP contribution in [0.15, 0.2) is 0 Å². The number of rotatable bonds is 8. The highest BCUT2D eigenvalue weighted by molar-refractivity contribution is 4.82. The maximum atomic E-state index is 8.59. The van der Waals surface area contributed by atoms with E-state index < -0.39 is 0 Å². The van der Waals surface area contributed by atoms with Crippen molar-refractivity contribution in [1.82, 2.24) is 0 Å². The van der Waals surface area contributed by atoms with Gasteiger partial charge in [-0.1, -0.05) is 39.5 Å². The molecule has 0 rings (SSSR count). The lowest BCUT2D eigenvalue weighted by Crippen LogP contribution is -2.09. The fraction of sp³-hybridized carbons (Fsp3) is 0.909. The van der Waals surface area contributed by atoms with Gasteiger partial charge in [0.2, 0.25) is 0 Å². The Hall–Kier alpha value is -0.550. The zero-order valence-electron chi connectivity index (χ0n) is 8.88. The zero-order chi connectivity index (χ0) is 9.94. The Kier molecular flexibility index (Phi) is 9.13. The number of nitrogens with zero attached hydrogens (tertiary/aromatic N) is 1. The molecular weight excluding hydrogens is 162 g/mol. The lowest BCUT2D eigenvalue weighted by atomic mass is 10.2. The van der Waals surface area contributed by atoms with Crippen LogP contribution in [-0.2, 0) is 4.74 Å². The average Bonchev–Trinajstić information content (AvgIpc) is 2.17. The third kappa shape index (κ3) is 7.80. The number of hydrogen-bond donors (Lipinski definition) is 0. The summed E-state index contributed by atoms with van der Waals surface area (Å²) in [5.41, 5.74) is 0. The standard InChI is InChI=1S/C11H21NO/c1-3-5-6-7-8-9-13-11(4-2)10-12/h11H,3-9H2,1-2H3. The first kappa shape index (κ1) is 12.4. The first-order chi connectivity index (χ1) is 6.35. The molecule has 0 aromatic rings. The predicted octanol–water partition coefficient (Wildman–Crippen LogP) is 3.28. The largest absolute Gasteiger partial charge is 0.363 e. The second-order valence-electron chi connectivity index (χ2n) is 3.31. The molecule has 0 aliphatic rings. The maximum Gasteiger partial charge on any atom is 0.143 e. The Morgan fingerprint density at radius 2 is 1.85 bits per heavy atom. The van der Waals surface area contributed by atoms with E-state index in [2.05, 4.69) is 13.0 Å². The van der Waals surface area contributed by atoms with Crippen molar-refractivity contribution >= 4 is 0 Å². The van der Waals surface area contributed by atoms with E-state index in [1.165, 1.54) is 25.7 Å². The average molecular weight is 183 g/mol. The molecule has 13 heavy (non-hydrogen) atoms. The van der Waals surface area contributed by atoms with Crippen molar-refractivity contribution in [2.45, 2.75) is 58.5 Å². The van der Waals surface area contributed by atoms with Gasteiger partial charge in [-0.3, -0.25) is 0 Å². The molecule has 0 saturated heterocycles. The number of hydrogen-bond acceptors (Lipinski definition) is 2. The van der Waals surface area contributed by atoms with Gasteiger partial charge in [-0.05, 0) is 12.8 Å². The van der Waals surface area contributed by atoms with Gasteiger partial charge in [-0.25, -0.2) is 0 Å². The van der Waals surface area contributed by atoms with Crippen molar-refractivity contribution in [2.24, 2.45) is 0 Å². The molecule has 1 unspecified atom stereocenters. The van der Waals surface area contributed by atoms with Gasteiger partial charge in [0.25, 0.3) is 0 Å². The molecule has 0 radical (unpaired) electrons. The summed E-state index contributed by atoms with van der Waals surface area (Å²) >= 11 is 0. The van der Waals surface area contributed by atoms with Gasteiger partial charge in [0, 0.05) is 6.61 Å². The van der Waals surface area contributed by atoms with Crippen molar-refractivity contribution in [3.05, 3.63) is 0 Å². The normalized spacial score (nSPS) is 12.4. The second-order valence-corrected chi connectivity index (χ2v) is 3.31. The summed E-state index contributed by atoms with van der Waals surface area (Å²) in [7, 11) is 0. The van der Waals surface area contributed by atoms with E-state index in [4.69, 9.17) is 10.00 Å². The lowest BCUT2D eigenvalue weighted by molar-refractivity contribution is 0.0843. The monoisotopic (exact) mass is 183 g/mol. The van der Waals surface area contributed by atoms with E-state index in [1.54, 1.807) is 0 Å². The van der Waals surface area contributed by atoms with Crippen LogP contribution in [0.5, 0.6) is 0 Å². The molecule has 2 nitrogen and oxygen atoms in total. The van der Waals surface area contributed by atoms with E-state index in [0.717, 1.165) is 19.4 Å². The first-order valence-corrected chi connectivity index (χ1v) is 5.36. The highest BCUT2D eigenvalue weighted by Gasteiger charge is 2.02. The molecule has 1 atom stereocenters. The van der Waals surface area contributed by atoms with Crippen molar-refractivity contribution in [2.75, 3.05) is 6.61 Å². The van der Waals surface area contributed by atoms with Crippen molar-refractivity contribution in [1.29, 1.82) is 5.26 Å². The minimum Gasteiger partial charge on any atom is -0.363 e. The summed E-state index contributed by atoms with van der Waals surface area (Å²) in [6, 6.07) is 2.13. The zero-order valence-corrected chi connectivity index (χ0v) is 8.88. The lowest BCUT2D eigenvalue weighted by Gasteiger charge is -2.07. The Morgan fingerprint density at radius 1 is 1.15 bits per heavy atom. The Labute approximate surface area is 81.9 Å². The summed E-state index contributed by atoms with van der Waals surface area (Å²) in [6.07, 6.45) is 6.82. The molecule has 0 aromatic heterocycles. The molecule has 0 spiro atoms. The number of ether oxygens (including phenoxy) is 1. The smallest absolute Gasteiger partial charge is 0.143 e. The fourth-order valence-electron chi connectivity index (χ4n) is 1.18. The Balaban J connectivity index is 3.11. The van der Waals surface area contributed by atoms with Gasteiger partial charge in [-0.2, -0.15) is 5.26 Å². The van der Waals surface area contributed by atoms with Crippen LogP contribution in [0.1, 0.15) is 52.4 Å². The molecule has 0 aliphatic heterocycles. The van der Waals surface area contributed by atoms with Crippen molar-refractivity contribution < 1.29 is 4.74 Å². The Morgan fingerprint density at radius 3 is 2.38 bits per heavy atom. The molecular formula is C11H21NO. The van der Waals surface area contributed by atoms with Crippen LogP contribution in [0.2, 0.25) is 0 Å². The summed E-state index contributed by atoms with van der Waals surface area (Å²) in [4.78, 5) is 0. The van der Waals surface area contributed by atoms with Crippen LogP contribution in [0.3, 0.4) is 0 Å². The molecule has 2 heteroatoms. The fourth-order valence-corrected chi connectivity index (χ4v) is 1.18. The van der Waals surface area contributed by atoms with Crippen LogP contribution in [0.4, 0.5) is 0 Å². The van der Waals surface area contributed by atoms with Gasteiger partial charge in [-0.15, -0.1) is 0 Å². The summed E-state index contributed by atoms with van der Waals surface area (Å²) < 4.78 is 5.36. The number of nitriles is 1. The van der Waals surface area contributed by atoms with Gasteiger partial charge >= 0.3 is 0 Å². The molecule has 0 heterocycles. The van der Waals surface area contributed by atoms with Crippen LogP contribution in [0.25, 0.3) is 0 Å². The van der Waals surface area contributed by atoms with E-state index in [1.807, 2.05) is 6.92 Å². The number of unbranched alkanes of at least 4 members (excludes halogenated alkanes) is 4. The van der Waals surface area contributed by atoms with Crippen LogP contribution >= 0.6 is 0 Å². The minimum atomic E-state index is -0.189. The molecule has 0 fully saturated rings. The molecule has 0 N–H and O–H groups in total. The Bertz CT molecular complexity index is 140. The van der Waals surface area contributed by atoms with E-state index in [0.29, 0.717) is 0 Å². The highest BCUT2D eigenvalue weighted by Crippen LogP contribution is 2.04. The van der Waals surface area contributed by atoms with Gasteiger partial charge in [0.1, 0.15) is 6.10 Å². The van der Waals surface area contributed by atoms with Crippen molar-refractivity contribution in [3.8, 4) is 6.07 Å². The third-order valence-corrected chi connectivity index (χ3v) is 2.08. The first-order valence-electron chi connectivity index (χ1n) is 5.36. The second kappa shape index (κ2) is 9.54. The highest BCUT2D eigenvalue weighted by atomic mass is 16.5. The third-order valence-electron chi connectivity index (χ3n) is 2.08. The summed E-state index contributed by atoms with van der Waals surface area (Å²) in [5, 5.41) is 8.59. The molecule has 0 aromatic carbocycles. The molecule has 0 saturated carbocycles. The quantitative estimate of drug-likeness (QED) is 0.541.